The van der Waals surface area contributed by atoms with Crippen molar-refractivity contribution in [2.24, 2.45) is 4.99 Å². The number of hydrogen-bond donors (Lipinski definition) is 0. The van der Waals surface area contributed by atoms with Crippen LogP contribution in [-0.4, -0.2) is 18.5 Å². The lowest BCUT2D eigenvalue weighted by Crippen LogP contribution is -2.07. The van der Waals surface area contributed by atoms with Crippen LogP contribution in [-0.2, 0) is 16.1 Å². The smallest absolute Gasteiger partial charge is 0.363 e. The fraction of sp³-hybridized carbons (Fsp3) is 0.154. The Hall–Kier alpha value is -3.45. The number of carbonyl (C=O) groups is 1. The van der Waals surface area contributed by atoms with E-state index >= 15 is 0 Å². The minimum atomic E-state index is -0.651. The van der Waals surface area contributed by atoms with E-state index in [9.17, 15) is 9.18 Å². The van der Waals surface area contributed by atoms with Gasteiger partial charge in [-0.25, -0.2) is 14.2 Å². The van der Waals surface area contributed by atoms with E-state index < -0.39 is 11.8 Å². The van der Waals surface area contributed by atoms with Crippen molar-refractivity contribution < 1.29 is 23.4 Å². The van der Waals surface area contributed by atoms with Crippen LogP contribution in [0.1, 0.15) is 29.2 Å². The standard InChI is InChI=1S/C26H21BrFNO4/c1-3-31-23-14-18(12-20(27)24(23)32-15-17-8-6-7-16(2)11-17)13-22-26(30)33-25(29-22)19-9-4-5-10-21(19)28/h4-14H,3,15H2,1-2H3/b22-13-. The molecule has 168 valence electrons. The number of cyclic esters (lactones) is 1. The second-order valence-corrected chi connectivity index (χ2v) is 8.21. The van der Waals surface area contributed by atoms with E-state index in [2.05, 4.69) is 27.0 Å². The number of esters is 1. The first-order chi connectivity index (χ1) is 15.9. The summed E-state index contributed by atoms with van der Waals surface area (Å²) in [6, 6.07) is 17.6. The molecule has 0 N–H and O–H groups in total. The Morgan fingerprint density at radius 3 is 2.67 bits per heavy atom. The average Bonchev–Trinajstić information content (AvgIpc) is 3.13. The molecule has 3 aromatic carbocycles. The summed E-state index contributed by atoms with van der Waals surface area (Å²) in [5.41, 5.74) is 3.04. The van der Waals surface area contributed by atoms with E-state index in [0.717, 1.165) is 11.1 Å². The molecule has 0 unspecified atom stereocenters. The first-order valence-corrected chi connectivity index (χ1v) is 11.2. The van der Waals surface area contributed by atoms with E-state index in [1.165, 1.54) is 12.1 Å². The molecule has 5 nitrogen and oxygen atoms in total. The normalized spacial score (nSPS) is 14.2. The van der Waals surface area contributed by atoms with Crippen LogP contribution in [0, 0.1) is 12.7 Å². The molecule has 0 radical (unpaired) electrons. The molecule has 3 aromatic rings. The molecule has 33 heavy (non-hydrogen) atoms. The van der Waals surface area contributed by atoms with Gasteiger partial charge < -0.3 is 14.2 Å². The third kappa shape index (κ3) is 5.31. The summed E-state index contributed by atoms with van der Waals surface area (Å²) in [5.74, 6) is -0.142. The predicted octanol–water partition coefficient (Wildman–Crippen LogP) is 6.22. The van der Waals surface area contributed by atoms with Gasteiger partial charge in [-0.1, -0.05) is 42.0 Å². The topological polar surface area (TPSA) is 57.1 Å². The Bertz CT molecular complexity index is 1270. The molecule has 0 saturated carbocycles. The monoisotopic (exact) mass is 509 g/mol. The SMILES string of the molecule is CCOc1cc(/C=C2\N=C(c3ccccc3F)OC2=O)cc(Br)c1OCc1cccc(C)c1. The minimum absolute atomic E-state index is 0.0634. The van der Waals surface area contributed by atoms with Gasteiger partial charge in [-0.15, -0.1) is 0 Å². The zero-order valence-corrected chi connectivity index (χ0v) is 19.7. The van der Waals surface area contributed by atoms with E-state index in [1.807, 2.05) is 32.0 Å². The number of halogens is 2. The quantitative estimate of drug-likeness (QED) is 0.280. The summed E-state index contributed by atoms with van der Waals surface area (Å²) in [5, 5.41) is 0. The van der Waals surface area contributed by atoms with Crippen LogP contribution in [0.25, 0.3) is 6.08 Å². The fourth-order valence-electron chi connectivity index (χ4n) is 3.35. The Labute approximate surface area is 199 Å². The van der Waals surface area contributed by atoms with Gasteiger partial charge >= 0.3 is 5.97 Å². The Kier molecular flexibility index (Phi) is 6.89. The van der Waals surface area contributed by atoms with Crippen molar-refractivity contribution in [1.29, 1.82) is 0 Å². The third-order valence-corrected chi connectivity index (χ3v) is 5.41. The number of nitrogens with zero attached hydrogens (tertiary/aromatic N) is 1. The molecule has 7 heteroatoms. The number of aryl methyl sites for hydroxylation is 1. The molecule has 0 aliphatic carbocycles. The molecule has 0 saturated heterocycles. The lowest BCUT2D eigenvalue weighted by Gasteiger charge is -2.15. The van der Waals surface area contributed by atoms with Crippen LogP contribution >= 0.6 is 15.9 Å². The van der Waals surface area contributed by atoms with Crippen molar-refractivity contribution in [3.8, 4) is 11.5 Å². The summed E-state index contributed by atoms with van der Waals surface area (Å²) < 4.78 is 31.7. The van der Waals surface area contributed by atoms with Crippen molar-refractivity contribution in [3.63, 3.8) is 0 Å². The second kappa shape index (κ2) is 10.0. The van der Waals surface area contributed by atoms with Crippen LogP contribution in [0.3, 0.4) is 0 Å². The summed E-state index contributed by atoms with van der Waals surface area (Å²) in [4.78, 5) is 16.5. The summed E-state index contributed by atoms with van der Waals surface area (Å²) >= 11 is 3.54. The highest BCUT2D eigenvalue weighted by atomic mass is 79.9. The van der Waals surface area contributed by atoms with E-state index in [1.54, 1.807) is 30.3 Å². The Morgan fingerprint density at radius 1 is 1.09 bits per heavy atom. The first kappa shape index (κ1) is 22.7. The van der Waals surface area contributed by atoms with Gasteiger partial charge in [0.05, 0.1) is 16.6 Å². The van der Waals surface area contributed by atoms with Crippen LogP contribution in [0.15, 0.2) is 75.8 Å². The summed E-state index contributed by atoms with van der Waals surface area (Å²) in [6.07, 6.45) is 1.56. The fourth-order valence-corrected chi connectivity index (χ4v) is 3.92. The van der Waals surface area contributed by atoms with E-state index in [4.69, 9.17) is 14.2 Å². The van der Waals surface area contributed by atoms with Gasteiger partial charge in [0.2, 0.25) is 5.90 Å². The number of rotatable bonds is 7. The zero-order valence-electron chi connectivity index (χ0n) is 18.1. The van der Waals surface area contributed by atoms with E-state index in [0.29, 0.717) is 34.7 Å². The van der Waals surface area contributed by atoms with Gasteiger partial charge in [-0.2, -0.15) is 0 Å². The van der Waals surface area contributed by atoms with Gasteiger partial charge in [0.1, 0.15) is 12.4 Å². The molecule has 1 aliphatic heterocycles. The molecule has 0 amide bonds. The van der Waals surface area contributed by atoms with Gasteiger partial charge in [-0.05, 0) is 71.2 Å². The van der Waals surface area contributed by atoms with Gasteiger partial charge in [0, 0.05) is 0 Å². The summed E-state index contributed by atoms with van der Waals surface area (Å²) in [6.45, 7) is 4.72. The van der Waals surface area contributed by atoms with Crippen LogP contribution in [0.5, 0.6) is 11.5 Å². The highest BCUT2D eigenvalue weighted by molar-refractivity contribution is 9.10. The number of aliphatic imine (C=N–C) groups is 1. The number of benzene rings is 3. The molecule has 0 spiro atoms. The molecular formula is C26H21BrFNO4. The molecule has 0 fully saturated rings. The minimum Gasteiger partial charge on any atom is -0.490 e. The average molecular weight is 510 g/mol. The van der Waals surface area contributed by atoms with Crippen molar-refractivity contribution in [2.75, 3.05) is 6.61 Å². The Balaban J connectivity index is 1.62. The maximum Gasteiger partial charge on any atom is 0.363 e. The largest absolute Gasteiger partial charge is 0.490 e. The van der Waals surface area contributed by atoms with Crippen LogP contribution in [0.4, 0.5) is 4.39 Å². The molecule has 1 aliphatic rings. The van der Waals surface area contributed by atoms with Crippen LogP contribution < -0.4 is 9.47 Å². The first-order valence-electron chi connectivity index (χ1n) is 10.4. The molecule has 0 atom stereocenters. The molecule has 4 rings (SSSR count). The zero-order chi connectivity index (χ0) is 23.4. The molecule has 0 aromatic heterocycles. The second-order valence-electron chi connectivity index (χ2n) is 7.36. The highest BCUT2D eigenvalue weighted by Crippen LogP contribution is 2.38. The van der Waals surface area contributed by atoms with Crippen LogP contribution in [0.2, 0.25) is 0 Å². The number of ether oxygens (including phenoxy) is 3. The lowest BCUT2D eigenvalue weighted by atomic mass is 10.1. The van der Waals surface area contributed by atoms with Crippen molar-refractivity contribution in [1.82, 2.24) is 0 Å². The lowest BCUT2D eigenvalue weighted by molar-refractivity contribution is -0.129. The number of hydrogen-bond acceptors (Lipinski definition) is 5. The van der Waals surface area contributed by atoms with Gasteiger partial charge in [0.25, 0.3) is 0 Å². The van der Waals surface area contributed by atoms with Crippen molar-refractivity contribution >= 4 is 33.9 Å². The highest BCUT2D eigenvalue weighted by Gasteiger charge is 2.26. The van der Waals surface area contributed by atoms with Crippen molar-refractivity contribution in [3.05, 3.63) is 98.9 Å². The third-order valence-electron chi connectivity index (χ3n) is 4.83. The molecule has 1 heterocycles. The molecular weight excluding hydrogens is 489 g/mol. The Morgan fingerprint density at radius 2 is 1.91 bits per heavy atom. The molecule has 0 bridgehead atoms. The van der Waals surface area contributed by atoms with E-state index in [-0.39, 0.29) is 17.2 Å². The maximum absolute atomic E-state index is 14.0. The summed E-state index contributed by atoms with van der Waals surface area (Å²) in [7, 11) is 0. The maximum atomic E-state index is 14.0. The van der Waals surface area contributed by atoms with Crippen molar-refractivity contribution in [2.45, 2.75) is 20.5 Å². The van der Waals surface area contributed by atoms with Gasteiger partial charge in [-0.3, -0.25) is 0 Å². The number of carbonyl (C=O) groups excluding carboxylic acids is 1. The van der Waals surface area contributed by atoms with Gasteiger partial charge in [0.15, 0.2) is 17.2 Å². The predicted molar refractivity (Wildman–Crippen MR) is 128 cm³/mol.